The lowest BCUT2D eigenvalue weighted by molar-refractivity contribution is 1.58. The third-order valence-electron chi connectivity index (χ3n) is 13.0. The molecule has 0 radical (unpaired) electrons. The van der Waals surface area contributed by atoms with Crippen LogP contribution in [0.4, 0.5) is 0 Å². The molecule has 0 aromatic heterocycles. The summed E-state index contributed by atoms with van der Waals surface area (Å²) in [6, 6.07) is 67.5. The van der Waals surface area contributed by atoms with E-state index in [0.29, 0.717) is 0 Å². The van der Waals surface area contributed by atoms with E-state index in [-0.39, 0.29) is 0 Å². The van der Waals surface area contributed by atoms with Gasteiger partial charge in [0.15, 0.2) is 0 Å². The van der Waals surface area contributed by atoms with Crippen LogP contribution in [-0.2, 0) is 0 Å². The van der Waals surface area contributed by atoms with Gasteiger partial charge in [-0.25, -0.2) is 0 Å². The molecule has 0 unspecified atom stereocenters. The molecule has 0 amide bonds. The Morgan fingerprint density at radius 3 is 0.717 bits per heavy atom. The molecule has 0 spiro atoms. The van der Waals surface area contributed by atoms with Crippen molar-refractivity contribution >= 4 is 68.8 Å². The highest BCUT2D eigenvalue weighted by molar-refractivity contribution is 6.17. The zero-order chi connectivity index (χ0) is 39.3. The molecule has 10 aromatic rings. The molecule has 0 aliphatic heterocycles. The first-order valence-corrected chi connectivity index (χ1v) is 20.9. The maximum atomic E-state index is 2.35. The lowest BCUT2D eigenvalue weighted by atomic mass is 9.98. The molecule has 0 heteroatoms. The Morgan fingerprint density at radius 2 is 0.433 bits per heavy atom. The molecule has 0 saturated heterocycles. The van der Waals surface area contributed by atoms with Gasteiger partial charge in [-0.2, -0.15) is 0 Å². The van der Waals surface area contributed by atoms with Gasteiger partial charge in [0, 0.05) is 0 Å². The van der Waals surface area contributed by atoms with Crippen molar-refractivity contribution in [3.63, 3.8) is 0 Å². The quantitative estimate of drug-likeness (QED) is 0.148. The van der Waals surface area contributed by atoms with Crippen molar-refractivity contribution in [3.05, 3.63) is 215 Å². The molecular weight excluding hydrogens is 721 g/mol. The van der Waals surface area contributed by atoms with Gasteiger partial charge in [-0.3, -0.25) is 0 Å². The fourth-order valence-corrected chi connectivity index (χ4v) is 10.3. The second-order valence-corrected chi connectivity index (χ2v) is 16.5. The van der Waals surface area contributed by atoms with Gasteiger partial charge in [-0.05, 0) is 169 Å². The summed E-state index contributed by atoms with van der Waals surface area (Å²) in [5.74, 6) is 0. The minimum absolute atomic E-state index is 1.16. The van der Waals surface area contributed by atoms with Gasteiger partial charge in [0.05, 0.1) is 0 Å². The third-order valence-corrected chi connectivity index (χ3v) is 13.0. The maximum absolute atomic E-state index is 2.35. The number of hydrogen-bond acceptors (Lipinski definition) is 0. The smallest absolute Gasteiger partial charge is 0.00264 e. The van der Waals surface area contributed by atoms with E-state index in [1.165, 1.54) is 116 Å². The summed E-state index contributed by atoms with van der Waals surface area (Å²) in [7, 11) is 0. The Hall–Kier alpha value is -7.80. The zero-order valence-electron chi connectivity index (χ0n) is 32.8. The standard InChI is InChI=1S/C60H36/c1-7-43-10-4-16-52-55-34-37(25-28-46(55)49(13-1)58(43)52)19-22-40-31-41(23-20-38-26-29-47-50-14-2-8-44-11-5-17-53(59(44)50)56(47)35-38)33-42(32-40)24-21-39-27-30-48-51-15-3-9-45-12-6-18-54(60(45)51)57(48)36-39/h1-36H/b22-19+,23-20+,24-21+. The summed E-state index contributed by atoms with van der Waals surface area (Å²) < 4.78 is 0. The maximum Gasteiger partial charge on any atom is -0.00264 e. The van der Waals surface area contributed by atoms with Gasteiger partial charge >= 0.3 is 0 Å². The molecular formula is C60H36. The van der Waals surface area contributed by atoms with Crippen molar-refractivity contribution in [2.45, 2.75) is 0 Å². The van der Waals surface area contributed by atoms with Crippen molar-refractivity contribution in [2.75, 3.05) is 0 Å². The van der Waals surface area contributed by atoms with Crippen molar-refractivity contribution in [2.24, 2.45) is 0 Å². The van der Waals surface area contributed by atoms with Gasteiger partial charge in [-0.15, -0.1) is 0 Å². The Balaban J connectivity index is 0.864. The molecule has 0 fully saturated rings. The second kappa shape index (κ2) is 12.9. The fraction of sp³-hybridized carbons (Fsp3) is 0. The van der Waals surface area contributed by atoms with Crippen LogP contribution in [0.25, 0.3) is 136 Å². The summed E-state index contributed by atoms with van der Waals surface area (Å²) in [6.45, 7) is 0. The van der Waals surface area contributed by atoms with Crippen LogP contribution < -0.4 is 0 Å². The third kappa shape index (κ3) is 5.11. The number of rotatable bonds is 6. The number of benzene rings is 10. The Morgan fingerprint density at radius 1 is 0.183 bits per heavy atom. The first-order chi connectivity index (χ1) is 29.7. The molecule has 13 rings (SSSR count). The topological polar surface area (TPSA) is 0 Å². The Labute approximate surface area is 349 Å². The predicted octanol–water partition coefficient (Wildman–Crippen LogP) is 16.6. The molecule has 10 aromatic carbocycles. The monoisotopic (exact) mass is 756 g/mol. The van der Waals surface area contributed by atoms with E-state index in [2.05, 4.69) is 218 Å². The first-order valence-electron chi connectivity index (χ1n) is 20.9. The van der Waals surface area contributed by atoms with Gasteiger partial charge in [-0.1, -0.05) is 182 Å². The van der Waals surface area contributed by atoms with Crippen molar-refractivity contribution in [1.82, 2.24) is 0 Å². The predicted molar refractivity (Wildman–Crippen MR) is 258 cm³/mol. The number of hydrogen-bond donors (Lipinski definition) is 0. The summed E-state index contributed by atoms with van der Waals surface area (Å²) in [5, 5.41) is 7.99. The highest BCUT2D eigenvalue weighted by Gasteiger charge is 2.23. The minimum atomic E-state index is 1.16. The van der Waals surface area contributed by atoms with Crippen molar-refractivity contribution < 1.29 is 0 Å². The largest absolute Gasteiger partial charge is 0.0610 e. The summed E-state index contributed by atoms with van der Waals surface area (Å²) in [4.78, 5) is 0. The van der Waals surface area contributed by atoms with Crippen LogP contribution in [0.1, 0.15) is 33.4 Å². The van der Waals surface area contributed by atoms with Gasteiger partial charge in [0.25, 0.3) is 0 Å². The van der Waals surface area contributed by atoms with Crippen LogP contribution in [0.15, 0.2) is 182 Å². The van der Waals surface area contributed by atoms with E-state index >= 15 is 0 Å². The van der Waals surface area contributed by atoms with E-state index in [9.17, 15) is 0 Å². The molecule has 0 saturated carbocycles. The molecule has 3 aliphatic carbocycles. The fourth-order valence-electron chi connectivity index (χ4n) is 10.3. The number of fused-ring (bicyclic) bond motifs is 9. The Kier molecular flexibility index (Phi) is 7.11. The van der Waals surface area contributed by atoms with Crippen LogP contribution in [0.2, 0.25) is 0 Å². The molecule has 0 bridgehead atoms. The van der Waals surface area contributed by atoms with E-state index in [4.69, 9.17) is 0 Å². The van der Waals surface area contributed by atoms with E-state index in [0.717, 1.165) is 16.7 Å². The van der Waals surface area contributed by atoms with Crippen molar-refractivity contribution in [1.29, 1.82) is 0 Å². The highest BCUT2D eigenvalue weighted by Crippen LogP contribution is 2.50. The van der Waals surface area contributed by atoms with Gasteiger partial charge in [0.2, 0.25) is 0 Å². The molecule has 0 atom stereocenters. The molecule has 0 N–H and O–H groups in total. The van der Waals surface area contributed by atoms with Gasteiger partial charge in [0.1, 0.15) is 0 Å². The molecule has 3 aliphatic rings. The minimum Gasteiger partial charge on any atom is -0.0610 e. The van der Waals surface area contributed by atoms with Crippen molar-refractivity contribution in [3.8, 4) is 66.8 Å². The highest BCUT2D eigenvalue weighted by atomic mass is 14.3. The van der Waals surface area contributed by atoms with E-state index in [1.807, 2.05) is 0 Å². The van der Waals surface area contributed by atoms with Crippen LogP contribution in [0.5, 0.6) is 0 Å². The molecule has 276 valence electrons. The van der Waals surface area contributed by atoms with E-state index in [1.54, 1.807) is 0 Å². The van der Waals surface area contributed by atoms with Gasteiger partial charge < -0.3 is 0 Å². The summed E-state index contributed by atoms with van der Waals surface area (Å²) in [6.07, 6.45) is 13.6. The normalized spacial score (nSPS) is 12.8. The summed E-state index contributed by atoms with van der Waals surface area (Å²) >= 11 is 0. The lowest BCUT2D eigenvalue weighted by Crippen LogP contribution is -1.84. The summed E-state index contributed by atoms with van der Waals surface area (Å²) in [5.41, 5.74) is 22.9. The Bertz CT molecular complexity index is 3180. The van der Waals surface area contributed by atoms with Crippen LogP contribution in [-0.4, -0.2) is 0 Å². The molecule has 60 heavy (non-hydrogen) atoms. The van der Waals surface area contributed by atoms with E-state index < -0.39 is 0 Å². The average molecular weight is 757 g/mol. The average Bonchev–Trinajstić information content (AvgIpc) is 3.92. The SMILES string of the molecule is C(=C\c1ccc2c(c1)-c1cccc3cccc-2c13)/c1cc(/C=C/c2ccc3c(c2)-c2cccc4cccc-3c24)cc(/C=C/c2ccc3c(c2)-c2cccc4cccc-3c24)c1. The first kappa shape index (κ1) is 33.2. The molecule has 0 heterocycles. The van der Waals surface area contributed by atoms with Crippen LogP contribution >= 0.6 is 0 Å². The molecule has 0 nitrogen and oxygen atoms in total. The zero-order valence-corrected chi connectivity index (χ0v) is 32.8. The van der Waals surface area contributed by atoms with Crippen LogP contribution in [0.3, 0.4) is 0 Å². The second-order valence-electron chi connectivity index (χ2n) is 16.5. The van der Waals surface area contributed by atoms with Crippen LogP contribution in [0, 0.1) is 0 Å². The lowest BCUT2D eigenvalue weighted by Gasteiger charge is -2.06.